The molecule has 5 heteroatoms. The number of halogens is 1. The Morgan fingerprint density at radius 1 is 1.73 bits per heavy atom. The van der Waals surface area contributed by atoms with E-state index in [1.54, 1.807) is 0 Å². The van der Waals surface area contributed by atoms with Crippen LogP contribution in [0, 0.1) is 5.41 Å². The first-order chi connectivity index (χ1) is 7.17. The highest BCUT2D eigenvalue weighted by atomic mass is 79.9. The molecule has 82 valence electrons. The van der Waals surface area contributed by atoms with Gasteiger partial charge in [0.05, 0.1) is 5.69 Å². The molecule has 3 nitrogen and oxygen atoms in total. The minimum atomic E-state index is 0.420. The summed E-state index contributed by atoms with van der Waals surface area (Å²) in [5.74, 6) is 0. The summed E-state index contributed by atoms with van der Waals surface area (Å²) < 4.78 is 4.74. The van der Waals surface area contributed by atoms with Crippen molar-refractivity contribution >= 4 is 32.1 Å². The second kappa shape index (κ2) is 6.02. The molecule has 2 N–H and O–H groups in total. The summed E-state index contributed by atoms with van der Waals surface area (Å²) in [5, 5.41) is 10.5. The van der Waals surface area contributed by atoms with Crippen LogP contribution in [0.5, 0.6) is 0 Å². The van der Waals surface area contributed by atoms with Gasteiger partial charge in [0.1, 0.15) is 4.62 Å². The van der Waals surface area contributed by atoms with E-state index in [9.17, 15) is 0 Å². The molecule has 1 heterocycles. The van der Waals surface area contributed by atoms with Crippen LogP contribution in [0.2, 0.25) is 0 Å². The maximum Gasteiger partial charge on any atom is 0.102 e. The Bertz CT molecular complexity index is 370. The standard InChI is InChI=1S/C10H14BrN3S/c1-3-8-5-9(15-14-8)4-7(6-13-2)10(11)12/h5-6,12-13H,3-4H2,1-2H3/b7-6-,12-10?. The third-order valence-electron chi connectivity index (χ3n) is 1.94. The van der Waals surface area contributed by atoms with Crippen molar-refractivity contribution in [2.45, 2.75) is 19.8 Å². The molecule has 0 aromatic carbocycles. The van der Waals surface area contributed by atoms with Crippen molar-refractivity contribution in [3.8, 4) is 0 Å². The first-order valence-electron chi connectivity index (χ1n) is 4.72. The normalized spacial score (nSPS) is 11.5. The van der Waals surface area contributed by atoms with Crippen LogP contribution in [-0.4, -0.2) is 16.0 Å². The highest BCUT2D eigenvalue weighted by molar-refractivity contribution is 9.18. The van der Waals surface area contributed by atoms with Crippen molar-refractivity contribution in [3.05, 3.63) is 28.4 Å². The molecule has 1 rings (SSSR count). The summed E-state index contributed by atoms with van der Waals surface area (Å²) in [6.45, 7) is 2.09. The molecule has 1 aromatic rings. The highest BCUT2D eigenvalue weighted by Crippen LogP contribution is 2.17. The molecular formula is C10H14BrN3S. The number of nitrogens with one attached hydrogen (secondary N) is 2. The molecule has 0 aliphatic rings. The first-order valence-corrected chi connectivity index (χ1v) is 6.29. The van der Waals surface area contributed by atoms with Gasteiger partial charge in [-0.1, -0.05) is 6.92 Å². The van der Waals surface area contributed by atoms with Crippen molar-refractivity contribution in [3.63, 3.8) is 0 Å². The van der Waals surface area contributed by atoms with E-state index in [-0.39, 0.29) is 0 Å². The average molecular weight is 288 g/mol. The van der Waals surface area contributed by atoms with Crippen molar-refractivity contribution < 1.29 is 0 Å². The van der Waals surface area contributed by atoms with Crippen LogP contribution in [0.3, 0.4) is 0 Å². The number of aryl methyl sites for hydroxylation is 1. The Balaban J connectivity index is 2.74. The lowest BCUT2D eigenvalue weighted by atomic mass is 10.2. The van der Waals surface area contributed by atoms with E-state index in [0.717, 1.165) is 24.1 Å². The van der Waals surface area contributed by atoms with Crippen LogP contribution in [0.25, 0.3) is 0 Å². The van der Waals surface area contributed by atoms with Crippen LogP contribution in [0.4, 0.5) is 0 Å². The summed E-state index contributed by atoms with van der Waals surface area (Å²) in [6, 6.07) is 2.10. The number of rotatable bonds is 5. The zero-order chi connectivity index (χ0) is 11.3. The van der Waals surface area contributed by atoms with Gasteiger partial charge in [0, 0.05) is 30.1 Å². The zero-order valence-corrected chi connectivity index (χ0v) is 11.2. The van der Waals surface area contributed by atoms with Crippen molar-refractivity contribution in [1.82, 2.24) is 9.69 Å². The molecule has 0 spiro atoms. The van der Waals surface area contributed by atoms with Gasteiger partial charge in [-0.3, -0.25) is 5.41 Å². The largest absolute Gasteiger partial charge is 0.394 e. The van der Waals surface area contributed by atoms with Crippen molar-refractivity contribution in [2.75, 3.05) is 7.05 Å². The van der Waals surface area contributed by atoms with E-state index in [4.69, 9.17) is 5.41 Å². The number of hydrogen-bond acceptors (Lipinski definition) is 4. The van der Waals surface area contributed by atoms with Crippen LogP contribution < -0.4 is 5.32 Å². The van der Waals surface area contributed by atoms with E-state index < -0.39 is 0 Å². The van der Waals surface area contributed by atoms with Gasteiger partial charge in [0.15, 0.2) is 0 Å². The fourth-order valence-electron chi connectivity index (χ4n) is 1.16. The predicted molar refractivity (Wildman–Crippen MR) is 69.0 cm³/mol. The molecule has 0 atom stereocenters. The van der Waals surface area contributed by atoms with Crippen LogP contribution in [-0.2, 0) is 12.8 Å². The number of hydrogen-bond donors (Lipinski definition) is 2. The molecule has 0 saturated heterocycles. The Kier molecular flexibility index (Phi) is 4.98. The maximum absolute atomic E-state index is 7.55. The smallest absolute Gasteiger partial charge is 0.102 e. The maximum atomic E-state index is 7.55. The second-order valence-corrected chi connectivity index (χ2v) is 4.77. The fraction of sp³-hybridized carbons (Fsp3) is 0.400. The average Bonchev–Trinajstić information content (AvgIpc) is 2.65. The van der Waals surface area contributed by atoms with Crippen LogP contribution >= 0.6 is 27.5 Å². The third-order valence-corrected chi connectivity index (χ3v) is 3.27. The van der Waals surface area contributed by atoms with Gasteiger partial charge in [-0.2, -0.15) is 4.37 Å². The predicted octanol–water partition coefficient (Wildman–Crippen LogP) is 2.72. The summed E-state index contributed by atoms with van der Waals surface area (Å²) in [6.07, 6.45) is 3.55. The Labute approximate surface area is 102 Å². The summed E-state index contributed by atoms with van der Waals surface area (Å²) in [4.78, 5) is 1.19. The highest BCUT2D eigenvalue weighted by Gasteiger charge is 2.06. The van der Waals surface area contributed by atoms with E-state index in [1.807, 2.05) is 13.2 Å². The van der Waals surface area contributed by atoms with Gasteiger partial charge in [-0.25, -0.2) is 0 Å². The first kappa shape index (κ1) is 12.4. The van der Waals surface area contributed by atoms with Gasteiger partial charge < -0.3 is 5.32 Å². The van der Waals surface area contributed by atoms with Gasteiger partial charge in [0.2, 0.25) is 0 Å². The van der Waals surface area contributed by atoms with Gasteiger partial charge >= 0.3 is 0 Å². The van der Waals surface area contributed by atoms with E-state index in [2.05, 4.69) is 38.6 Å². The van der Waals surface area contributed by atoms with E-state index in [1.165, 1.54) is 16.4 Å². The molecule has 0 aliphatic heterocycles. The fourth-order valence-corrected chi connectivity index (χ4v) is 2.24. The molecule has 0 saturated carbocycles. The Morgan fingerprint density at radius 3 is 2.93 bits per heavy atom. The number of nitrogens with zero attached hydrogens (tertiary/aromatic N) is 1. The van der Waals surface area contributed by atoms with Crippen molar-refractivity contribution in [1.29, 1.82) is 5.41 Å². The lowest BCUT2D eigenvalue weighted by Gasteiger charge is -2.01. The summed E-state index contributed by atoms with van der Waals surface area (Å²) in [7, 11) is 1.83. The van der Waals surface area contributed by atoms with Crippen LogP contribution in [0.1, 0.15) is 17.5 Å². The number of allylic oxidation sites excluding steroid dienone is 1. The molecule has 0 unspecified atom stereocenters. The molecule has 0 radical (unpaired) electrons. The molecule has 0 amide bonds. The third kappa shape index (κ3) is 3.76. The van der Waals surface area contributed by atoms with Gasteiger partial charge in [0.25, 0.3) is 0 Å². The molecule has 0 aliphatic carbocycles. The monoisotopic (exact) mass is 287 g/mol. The zero-order valence-electron chi connectivity index (χ0n) is 8.80. The summed E-state index contributed by atoms with van der Waals surface area (Å²) >= 11 is 4.69. The molecule has 15 heavy (non-hydrogen) atoms. The lowest BCUT2D eigenvalue weighted by molar-refractivity contribution is 1.06. The summed E-state index contributed by atoms with van der Waals surface area (Å²) in [5.41, 5.74) is 2.06. The lowest BCUT2D eigenvalue weighted by Crippen LogP contribution is -2.03. The molecule has 1 aromatic heterocycles. The minimum Gasteiger partial charge on any atom is -0.394 e. The van der Waals surface area contributed by atoms with Crippen LogP contribution in [0.15, 0.2) is 17.8 Å². The Hall–Kier alpha value is -0.680. The number of aromatic nitrogens is 1. The SMILES string of the molecule is CCc1cc(C/C(=C/NC)C(=N)Br)sn1. The van der Waals surface area contributed by atoms with Gasteiger partial charge in [-0.15, -0.1) is 0 Å². The molecule has 0 bridgehead atoms. The Morgan fingerprint density at radius 2 is 2.47 bits per heavy atom. The second-order valence-electron chi connectivity index (χ2n) is 3.09. The van der Waals surface area contributed by atoms with Crippen molar-refractivity contribution in [2.24, 2.45) is 0 Å². The quantitative estimate of drug-likeness (QED) is 0.818. The minimum absolute atomic E-state index is 0.420. The van der Waals surface area contributed by atoms with Gasteiger partial charge in [-0.05, 0) is 39.9 Å². The molecular weight excluding hydrogens is 274 g/mol. The molecule has 0 fully saturated rings. The van der Waals surface area contributed by atoms with E-state index in [0.29, 0.717) is 4.62 Å². The van der Waals surface area contributed by atoms with E-state index >= 15 is 0 Å². The topological polar surface area (TPSA) is 48.8 Å².